The Morgan fingerprint density at radius 2 is 2.16 bits per heavy atom. The summed E-state index contributed by atoms with van der Waals surface area (Å²) in [5.74, 6) is 1.38. The smallest absolute Gasteiger partial charge is 0.228 e. The SMILES string of the molecule is CC(C)c1cc([C@@H]2CCCN2C(=O)C(C)(C)C)on1. The Hall–Kier alpha value is -1.32. The molecule has 4 nitrogen and oxygen atoms in total. The number of rotatable bonds is 2. The summed E-state index contributed by atoms with van der Waals surface area (Å²) in [7, 11) is 0. The number of likely N-dealkylation sites (tertiary alicyclic amines) is 1. The molecule has 1 aromatic heterocycles. The number of hydrogen-bond acceptors (Lipinski definition) is 3. The average Bonchev–Trinajstić information content (AvgIpc) is 2.95. The lowest BCUT2D eigenvalue weighted by molar-refractivity contribution is -0.140. The third-order valence-electron chi connectivity index (χ3n) is 3.62. The maximum absolute atomic E-state index is 12.5. The van der Waals surface area contributed by atoms with Crippen molar-refractivity contribution in [3.63, 3.8) is 0 Å². The Morgan fingerprint density at radius 3 is 2.68 bits per heavy atom. The Kier molecular flexibility index (Phi) is 3.70. The molecule has 2 heterocycles. The van der Waals surface area contributed by atoms with Crippen LogP contribution in [0.25, 0.3) is 0 Å². The molecule has 1 aliphatic heterocycles. The molecule has 2 rings (SSSR count). The predicted molar refractivity (Wildman–Crippen MR) is 73.7 cm³/mol. The number of nitrogens with zero attached hydrogens (tertiary/aromatic N) is 2. The number of aromatic nitrogens is 1. The number of hydrogen-bond donors (Lipinski definition) is 0. The van der Waals surface area contributed by atoms with E-state index in [2.05, 4.69) is 19.0 Å². The molecule has 1 saturated heterocycles. The third-order valence-corrected chi connectivity index (χ3v) is 3.62. The molecule has 0 N–H and O–H groups in total. The molecule has 106 valence electrons. The highest BCUT2D eigenvalue weighted by molar-refractivity contribution is 5.82. The van der Waals surface area contributed by atoms with Gasteiger partial charge >= 0.3 is 0 Å². The molecule has 1 aliphatic rings. The molecule has 0 aromatic carbocycles. The van der Waals surface area contributed by atoms with E-state index in [9.17, 15) is 4.79 Å². The molecule has 0 radical (unpaired) electrons. The highest BCUT2D eigenvalue weighted by Crippen LogP contribution is 2.36. The van der Waals surface area contributed by atoms with Crippen molar-refractivity contribution in [2.45, 2.75) is 59.4 Å². The van der Waals surface area contributed by atoms with Crippen molar-refractivity contribution in [3.8, 4) is 0 Å². The summed E-state index contributed by atoms with van der Waals surface area (Å²) in [6, 6.07) is 2.07. The van der Waals surface area contributed by atoms with Crippen LogP contribution in [0.4, 0.5) is 0 Å². The summed E-state index contributed by atoms with van der Waals surface area (Å²) >= 11 is 0. The van der Waals surface area contributed by atoms with Crippen LogP contribution in [-0.4, -0.2) is 22.5 Å². The second-order valence-corrected chi connectivity index (χ2v) is 6.72. The van der Waals surface area contributed by atoms with E-state index < -0.39 is 0 Å². The molecule has 0 unspecified atom stereocenters. The van der Waals surface area contributed by atoms with Crippen LogP contribution in [0.2, 0.25) is 0 Å². The quantitative estimate of drug-likeness (QED) is 0.821. The first kappa shape index (κ1) is 14.1. The molecule has 0 bridgehead atoms. The van der Waals surface area contributed by atoms with E-state index in [1.165, 1.54) is 0 Å². The van der Waals surface area contributed by atoms with Crippen molar-refractivity contribution in [1.82, 2.24) is 10.1 Å². The van der Waals surface area contributed by atoms with Crippen LogP contribution in [0.3, 0.4) is 0 Å². The lowest BCUT2D eigenvalue weighted by Crippen LogP contribution is -2.38. The molecule has 1 fully saturated rings. The number of carbonyl (C=O) groups excluding carboxylic acids is 1. The zero-order chi connectivity index (χ0) is 14.2. The standard InChI is InChI=1S/C15H24N2O2/c1-10(2)11-9-13(19-16-11)12-7-6-8-17(12)14(18)15(3,4)5/h9-10,12H,6-8H2,1-5H3/t12-/m0/s1. The van der Waals surface area contributed by atoms with E-state index in [1.807, 2.05) is 31.7 Å². The topological polar surface area (TPSA) is 46.3 Å². The van der Waals surface area contributed by atoms with Crippen molar-refractivity contribution in [3.05, 3.63) is 17.5 Å². The zero-order valence-corrected chi connectivity index (χ0v) is 12.6. The van der Waals surface area contributed by atoms with Gasteiger partial charge in [0.15, 0.2) is 5.76 Å². The second kappa shape index (κ2) is 4.99. The van der Waals surface area contributed by atoms with E-state index in [-0.39, 0.29) is 17.4 Å². The highest BCUT2D eigenvalue weighted by atomic mass is 16.5. The number of carbonyl (C=O) groups is 1. The first-order valence-corrected chi connectivity index (χ1v) is 7.08. The highest BCUT2D eigenvalue weighted by Gasteiger charge is 2.37. The molecule has 1 amide bonds. The van der Waals surface area contributed by atoms with Crippen LogP contribution < -0.4 is 0 Å². The minimum absolute atomic E-state index is 0.0618. The summed E-state index contributed by atoms with van der Waals surface area (Å²) in [6.07, 6.45) is 2.00. The lowest BCUT2D eigenvalue weighted by Gasteiger charge is -2.29. The third kappa shape index (κ3) is 2.82. The minimum atomic E-state index is -0.344. The Morgan fingerprint density at radius 1 is 1.47 bits per heavy atom. The molecule has 0 spiro atoms. The first-order chi connectivity index (χ1) is 8.80. The molecule has 1 aromatic rings. The van der Waals surface area contributed by atoms with Gasteiger partial charge in [0.1, 0.15) is 0 Å². The maximum atomic E-state index is 12.5. The molecule has 0 saturated carbocycles. The van der Waals surface area contributed by atoms with Gasteiger partial charge in [0, 0.05) is 18.0 Å². The molecule has 1 atom stereocenters. The van der Waals surface area contributed by atoms with Crippen molar-refractivity contribution >= 4 is 5.91 Å². The summed E-state index contributed by atoms with van der Waals surface area (Å²) in [6.45, 7) is 10.9. The molecular formula is C15H24N2O2. The van der Waals surface area contributed by atoms with E-state index in [1.54, 1.807) is 0 Å². The fourth-order valence-corrected chi connectivity index (χ4v) is 2.47. The van der Waals surface area contributed by atoms with Crippen LogP contribution in [-0.2, 0) is 4.79 Å². The Labute approximate surface area is 115 Å². The van der Waals surface area contributed by atoms with E-state index in [4.69, 9.17) is 4.52 Å². The van der Waals surface area contributed by atoms with Gasteiger partial charge in [0.25, 0.3) is 0 Å². The first-order valence-electron chi connectivity index (χ1n) is 7.08. The minimum Gasteiger partial charge on any atom is -0.359 e. The molecule has 0 aliphatic carbocycles. The lowest BCUT2D eigenvalue weighted by atomic mass is 9.94. The van der Waals surface area contributed by atoms with Gasteiger partial charge in [-0.2, -0.15) is 0 Å². The van der Waals surface area contributed by atoms with Crippen molar-refractivity contribution in [2.75, 3.05) is 6.54 Å². The van der Waals surface area contributed by atoms with Crippen LogP contribution in [0, 0.1) is 5.41 Å². The van der Waals surface area contributed by atoms with Gasteiger partial charge in [-0.15, -0.1) is 0 Å². The van der Waals surface area contributed by atoms with Gasteiger partial charge in [0.2, 0.25) is 5.91 Å². The van der Waals surface area contributed by atoms with E-state index >= 15 is 0 Å². The Balaban J connectivity index is 2.21. The van der Waals surface area contributed by atoms with Gasteiger partial charge < -0.3 is 9.42 Å². The summed E-state index contributed by atoms with van der Waals surface area (Å²) < 4.78 is 5.46. The van der Waals surface area contributed by atoms with E-state index in [0.29, 0.717) is 5.92 Å². The zero-order valence-electron chi connectivity index (χ0n) is 12.6. The van der Waals surface area contributed by atoms with Crippen molar-refractivity contribution in [2.24, 2.45) is 5.41 Å². The largest absolute Gasteiger partial charge is 0.359 e. The molecule has 19 heavy (non-hydrogen) atoms. The van der Waals surface area contributed by atoms with Crippen LogP contribution in [0.1, 0.15) is 70.9 Å². The van der Waals surface area contributed by atoms with Gasteiger partial charge in [0.05, 0.1) is 11.7 Å². The normalized spacial score (nSPS) is 20.3. The maximum Gasteiger partial charge on any atom is 0.228 e. The van der Waals surface area contributed by atoms with Crippen molar-refractivity contribution < 1.29 is 9.32 Å². The van der Waals surface area contributed by atoms with Gasteiger partial charge in [-0.1, -0.05) is 39.8 Å². The Bertz CT molecular complexity index is 457. The monoisotopic (exact) mass is 264 g/mol. The molecular weight excluding hydrogens is 240 g/mol. The summed E-state index contributed by atoms with van der Waals surface area (Å²) in [4.78, 5) is 14.4. The fourth-order valence-electron chi connectivity index (χ4n) is 2.47. The molecule has 4 heteroatoms. The van der Waals surface area contributed by atoms with Crippen LogP contribution in [0.5, 0.6) is 0 Å². The van der Waals surface area contributed by atoms with Gasteiger partial charge in [-0.25, -0.2) is 0 Å². The van der Waals surface area contributed by atoms with Crippen LogP contribution in [0.15, 0.2) is 10.6 Å². The summed E-state index contributed by atoms with van der Waals surface area (Å²) in [5.41, 5.74) is 0.619. The second-order valence-electron chi connectivity index (χ2n) is 6.72. The van der Waals surface area contributed by atoms with E-state index in [0.717, 1.165) is 30.8 Å². The predicted octanol–water partition coefficient (Wildman–Crippen LogP) is 3.51. The summed E-state index contributed by atoms with van der Waals surface area (Å²) in [5, 5.41) is 4.10. The van der Waals surface area contributed by atoms with Crippen molar-refractivity contribution in [1.29, 1.82) is 0 Å². The van der Waals surface area contributed by atoms with Gasteiger partial charge in [-0.05, 0) is 18.8 Å². The van der Waals surface area contributed by atoms with Gasteiger partial charge in [-0.3, -0.25) is 4.79 Å². The van der Waals surface area contributed by atoms with Crippen LogP contribution >= 0.6 is 0 Å². The number of amides is 1. The fraction of sp³-hybridized carbons (Fsp3) is 0.733. The average molecular weight is 264 g/mol.